The van der Waals surface area contributed by atoms with Gasteiger partial charge in [0, 0.05) is 26.2 Å². The molecule has 2 aliphatic carbocycles. The maximum atomic E-state index is 5.92. The van der Waals surface area contributed by atoms with E-state index in [9.17, 15) is 0 Å². The summed E-state index contributed by atoms with van der Waals surface area (Å²) in [6, 6.07) is 0. The van der Waals surface area contributed by atoms with Gasteiger partial charge in [0.15, 0.2) is 0 Å². The minimum Gasteiger partial charge on any atom is -0.385 e. The van der Waals surface area contributed by atoms with E-state index in [1.165, 1.54) is 25.7 Å². The van der Waals surface area contributed by atoms with E-state index in [-0.39, 0.29) is 0 Å². The highest BCUT2D eigenvalue weighted by molar-refractivity contribution is 5.14. The summed E-state index contributed by atoms with van der Waals surface area (Å²) in [5.41, 5.74) is 0. The fourth-order valence-electron chi connectivity index (χ4n) is 3.32. The molecule has 2 aliphatic rings. The minimum absolute atomic E-state index is 0.502. The van der Waals surface area contributed by atoms with E-state index in [1.807, 2.05) is 0 Å². The quantitative estimate of drug-likeness (QED) is 0.489. The Morgan fingerprint density at radius 2 is 2.00 bits per heavy atom. The van der Waals surface area contributed by atoms with Gasteiger partial charge in [-0.15, -0.1) is 0 Å². The molecular formula is C14H24O2. The highest BCUT2D eigenvalue weighted by Crippen LogP contribution is 2.47. The highest BCUT2D eigenvalue weighted by atomic mass is 16.5. The molecule has 0 aromatic carbocycles. The van der Waals surface area contributed by atoms with Gasteiger partial charge < -0.3 is 9.47 Å². The summed E-state index contributed by atoms with van der Waals surface area (Å²) < 4.78 is 11.0. The predicted octanol–water partition coefficient (Wildman–Crippen LogP) is 3.03. The van der Waals surface area contributed by atoms with E-state index in [2.05, 4.69) is 19.1 Å². The van der Waals surface area contributed by atoms with Crippen LogP contribution in [0.5, 0.6) is 0 Å². The molecule has 0 aliphatic heterocycles. The number of methoxy groups -OCH3 is 1. The molecule has 2 rings (SSSR count). The molecule has 4 atom stereocenters. The average molecular weight is 224 g/mol. The van der Waals surface area contributed by atoms with Gasteiger partial charge in [-0.3, -0.25) is 0 Å². The first-order valence-corrected chi connectivity index (χ1v) is 6.65. The van der Waals surface area contributed by atoms with Crippen LogP contribution >= 0.6 is 0 Å². The van der Waals surface area contributed by atoms with Crippen LogP contribution in [-0.4, -0.2) is 26.4 Å². The molecule has 0 N–H and O–H groups in total. The standard InChI is InChI=1S/C14H24O2/c1-3-16-14-12-8-7-11(10-12)13(14)6-4-5-9-15-2/h7-8,11-14H,3-6,9-10H2,1-2H3. The molecule has 0 aromatic rings. The smallest absolute Gasteiger partial charge is 0.0671 e. The van der Waals surface area contributed by atoms with Crippen LogP contribution in [-0.2, 0) is 9.47 Å². The third kappa shape index (κ3) is 2.49. The summed E-state index contributed by atoms with van der Waals surface area (Å²) in [6.45, 7) is 3.87. The SMILES string of the molecule is CCOC1C2C=CC(C2)C1CCCCOC. The molecule has 2 nitrogen and oxygen atoms in total. The Labute approximate surface area is 99.0 Å². The maximum absolute atomic E-state index is 5.92. The van der Waals surface area contributed by atoms with Crippen LogP contribution in [0, 0.1) is 17.8 Å². The van der Waals surface area contributed by atoms with Gasteiger partial charge >= 0.3 is 0 Å². The van der Waals surface area contributed by atoms with Gasteiger partial charge in [0.2, 0.25) is 0 Å². The van der Waals surface area contributed by atoms with Crippen LogP contribution in [0.3, 0.4) is 0 Å². The molecule has 2 heteroatoms. The van der Waals surface area contributed by atoms with Crippen LogP contribution in [0.25, 0.3) is 0 Å². The van der Waals surface area contributed by atoms with Gasteiger partial charge in [-0.05, 0) is 38.0 Å². The van der Waals surface area contributed by atoms with E-state index in [0.29, 0.717) is 12.0 Å². The van der Waals surface area contributed by atoms with Crippen molar-refractivity contribution in [1.29, 1.82) is 0 Å². The summed E-state index contributed by atoms with van der Waals surface area (Å²) in [5.74, 6) is 2.27. The van der Waals surface area contributed by atoms with Gasteiger partial charge in [-0.2, -0.15) is 0 Å². The maximum Gasteiger partial charge on any atom is 0.0671 e. The lowest BCUT2D eigenvalue weighted by atomic mass is 9.86. The van der Waals surface area contributed by atoms with E-state index in [0.717, 1.165) is 25.0 Å². The number of hydrogen-bond acceptors (Lipinski definition) is 2. The highest BCUT2D eigenvalue weighted by Gasteiger charge is 2.44. The van der Waals surface area contributed by atoms with Crippen molar-refractivity contribution in [3.05, 3.63) is 12.2 Å². The fraction of sp³-hybridized carbons (Fsp3) is 0.857. The summed E-state index contributed by atoms with van der Waals surface area (Å²) in [7, 11) is 1.78. The lowest BCUT2D eigenvalue weighted by Crippen LogP contribution is -2.28. The Bertz CT molecular complexity index is 237. The lowest BCUT2D eigenvalue weighted by molar-refractivity contribution is 0.00755. The Balaban J connectivity index is 1.80. The first kappa shape index (κ1) is 12.1. The molecule has 2 bridgehead atoms. The predicted molar refractivity (Wildman–Crippen MR) is 65.4 cm³/mol. The molecule has 1 fully saturated rings. The zero-order chi connectivity index (χ0) is 11.4. The van der Waals surface area contributed by atoms with E-state index in [4.69, 9.17) is 9.47 Å². The van der Waals surface area contributed by atoms with E-state index >= 15 is 0 Å². The Kier molecular flexibility index (Phi) is 4.42. The lowest BCUT2D eigenvalue weighted by Gasteiger charge is -2.27. The molecule has 92 valence electrons. The van der Waals surface area contributed by atoms with Crippen molar-refractivity contribution in [3.63, 3.8) is 0 Å². The summed E-state index contributed by atoms with van der Waals surface area (Å²) in [4.78, 5) is 0. The first-order valence-electron chi connectivity index (χ1n) is 6.65. The molecule has 16 heavy (non-hydrogen) atoms. The van der Waals surface area contributed by atoms with Crippen molar-refractivity contribution in [2.45, 2.75) is 38.7 Å². The third-order valence-corrected chi connectivity index (χ3v) is 4.04. The molecule has 0 amide bonds. The number of hydrogen-bond donors (Lipinski definition) is 0. The molecular weight excluding hydrogens is 200 g/mol. The number of rotatable bonds is 7. The molecule has 4 unspecified atom stereocenters. The normalized spacial score (nSPS) is 36.1. The topological polar surface area (TPSA) is 18.5 Å². The largest absolute Gasteiger partial charge is 0.385 e. The van der Waals surface area contributed by atoms with Crippen LogP contribution < -0.4 is 0 Å². The first-order chi connectivity index (χ1) is 7.86. The Morgan fingerprint density at radius 3 is 2.75 bits per heavy atom. The van der Waals surface area contributed by atoms with Gasteiger partial charge in [0.1, 0.15) is 0 Å². The van der Waals surface area contributed by atoms with Gasteiger partial charge in [0.05, 0.1) is 6.10 Å². The molecule has 0 aromatic heterocycles. The van der Waals surface area contributed by atoms with Crippen molar-refractivity contribution in [3.8, 4) is 0 Å². The van der Waals surface area contributed by atoms with Crippen molar-refractivity contribution in [1.82, 2.24) is 0 Å². The van der Waals surface area contributed by atoms with Crippen molar-refractivity contribution in [2.75, 3.05) is 20.3 Å². The number of unbranched alkanes of at least 4 members (excludes halogenated alkanes) is 1. The number of fused-ring (bicyclic) bond motifs is 2. The summed E-state index contributed by atoms with van der Waals surface area (Å²) in [5, 5.41) is 0. The van der Waals surface area contributed by atoms with Crippen LogP contribution in [0.15, 0.2) is 12.2 Å². The number of ether oxygens (including phenoxy) is 2. The molecule has 0 heterocycles. The van der Waals surface area contributed by atoms with Crippen molar-refractivity contribution >= 4 is 0 Å². The molecule has 0 saturated heterocycles. The van der Waals surface area contributed by atoms with Crippen molar-refractivity contribution < 1.29 is 9.47 Å². The van der Waals surface area contributed by atoms with Gasteiger partial charge in [0.25, 0.3) is 0 Å². The van der Waals surface area contributed by atoms with Crippen LogP contribution in [0.4, 0.5) is 0 Å². The molecule has 0 spiro atoms. The molecule has 1 saturated carbocycles. The second-order valence-electron chi connectivity index (χ2n) is 5.02. The summed E-state index contributed by atoms with van der Waals surface area (Å²) >= 11 is 0. The molecule has 0 radical (unpaired) electrons. The van der Waals surface area contributed by atoms with Crippen LogP contribution in [0.2, 0.25) is 0 Å². The average Bonchev–Trinajstić information content (AvgIpc) is 2.87. The van der Waals surface area contributed by atoms with Crippen LogP contribution in [0.1, 0.15) is 32.6 Å². The zero-order valence-electron chi connectivity index (χ0n) is 10.5. The second-order valence-corrected chi connectivity index (χ2v) is 5.02. The second kappa shape index (κ2) is 5.83. The minimum atomic E-state index is 0.502. The van der Waals surface area contributed by atoms with E-state index in [1.54, 1.807) is 7.11 Å². The van der Waals surface area contributed by atoms with E-state index < -0.39 is 0 Å². The third-order valence-electron chi connectivity index (χ3n) is 4.04. The number of allylic oxidation sites excluding steroid dienone is 1. The summed E-state index contributed by atoms with van der Waals surface area (Å²) in [6.07, 6.45) is 10.4. The van der Waals surface area contributed by atoms with Crippen molar-refractivity contribution in [2.24, 2.45) is 17.8 Å². The zero-order valence-corrected chi connectivity index (χ0v) is 10.5. The Morgan fingerprint density at radius 1 is 1.19 bits per heavy atom. The van der Waals surface area contributed by atoms with Gasteiger partial charge in [-0.1, -0.05) is 18.6 Å². The monoisotopic (exact) mass is 224 g/mol. The van der Waals surface area contributed by atoms with Gasteiger partial charge in [-0.25, -0.2) is 0 Å². The Hall–Kier alpha value is -0.340. The fourth-order valence-corrected chi connectivity index (χ4v) is 3.32.